The molecule has 0 spiro atoms. The number of ether oxygens (including phenoxy) is 5. The quantitative estimate of drug-likeness (QED) is 0.264. The number of aliphatic hydroxyl groups is 1. The Morgan fingerprint density at radius 2 is 2.02 bits per heavy atom. The summed E-state index contributed by atoms with van der Waals surface area (Å²) >= 11 is 7.85. The lowest BCUT2D eigenvalue weighted by Crippen LogP contribution is -2.38. The summed E-state index contributed by atoms with van der Waals surface area (Å²) in [4.78, 5) is 31.5. The Morgan fingerprint density at radius 3 is 2.79 bits per heavy atom. The van der Waals surface area contributed by atoms with Crippen molar-refractivity contribution in [1.29, 1.82) is 0 Å². The highest BCUT2D eigenvalue weighted by Crippen LogP contribution is 2.45. The van der Waals surface area contributed by atoms with Gasteiger partial charge in [0.15, 0.2) is 18.1 Å². The van der Waals surface area contributed by atoms with Gasteiger partial charge in [0.2, 0.25) is 0 Å². The number of methoxy groups -OCH3 is 1. The Bertz CT molecular complexity index is 1780. The number of rotatable bonds is 7. The third-order valence-corrected chi connectivity index (χ3v) is 7.57. The van der Waals surface area contributed by atoms with Gasteiger partial charge in [0.25, 0.3) is 6.29 Å². The summed E-state index contributed by atoms with van der Waals surface area (Å²) in [5, 5.41) is 11.4. The number of fused-ring (bicyclic) bond motifs is 4. The maximum Gasteiger partial charge on any atom is 0.417 e. The number of hydrogen-bond donors (Lipinski definition) is 1. The first-order valence-electron chi connectivity index (χ1n) is 12.7. The van der Waals surface area contributed by atoms with Gasteiger partial charge >= 0.3 is 12.1 Å². The summed E-state index contributed by atoms with van der Waals surface area (Å²) in [6.07, 6.45) is 2.14. The highest BCUT2D eigenvalue weighted by Gasteiger charge is 2.29. The van der Waals surface area contributed by atoms with Gasteiger partial charge in [0, 0.05) is 23.0 Å². The number of carbonyl (C=O) groups is 1. The number of aliphatic hydroxyl groups excluding tert-OH is 1. The minimum atomic E-state index is -0.983. The SMILES string of the molecule is COc1cnc2c(-c3nc4ccc5c(c4s3)OC[C@@H](OC(=O)N(C)c3cnc(OC[C@H](C)O)nc3)O5)cc(Cl)cc2c1. The molecule has 0 saturated heterocycles. The van der Waals surface area contributed by atoms with Crippen molar-refractivity contribution in [2.75, 3.05) is 32.3 Å². The number of halogens is 1. The lowest BCUT2D eigenvalue weighted by molar-refractivity contribution is -0.0717. The number of nitrogens with zero attached hydrogens (tertiary/aromatic N) is 5. The average Bonchev–Trinajstić information content (AvgIpc) is 3.43. The predicted molar refractivity (Wildman–Crippen MR) is 156 cm³/mol. The van der Waals surface area contributed by atoms with Gasteiger partial charge in [0.05, 0.1) is 48.5 Å². The molecule has 6 rings (SSSR count). The van der Waals surface area contributed by atoms with Crippen LogP contribution in [0.4, 0.5) is 10.5 Å². The van der Waals surface area contributed by atoms with Crippen LogP contribution in [-0.4, -0.2) is 70.9 Å². The van der Waals surface area contributed by atoms with E-state index in [-0.39, 0.29) is 19.2 Å². The zero-order chi connectivity index (χ0) is 29.4. The lowest BCUT2D eigenvalue weighted by atomic mass is 10.1. The van der Waals surface area contributed by atoms with E-state index in [4.69, 9.17) is 40.3 Å². The zero-order valence-corrected chi connectivity index (χ0v) is 24.2. The average molecular weight is 610 g/mol. The molecule has 2 aromatic carbocycles. The molecule has 0 unspecified atom stereocenters. The fourth-order valence-corrected chi connectivity index (χ4v) is 5.50. The third kappa shape index (κ3) is 5.53. The van der Waals surface area contributed by atoms with Crippen molar-refractivity contribution < 1.29 is 33.6 Å². The van der Waals surface area contributed by atoms with Crippen LogP contribution in [0.2, 0.25) is 5.02 Å². The standard InChI is InChI=1S/C28H24ClN5O7S/c1-14(35)12-39-27-31-9-17(10-32-27)34(2)28(36)41-22-13-38-24-21(40-22)5-4-20-25(24)42-26(33-20)19-8-16(29)6-15-7-18(37-3)11-30-23(15)19/h4-11,14,22,35H,12-13H2,1-3H3/t14-,22+/m0/s1. The predicted octanol–water partition coefficient (Wildman–Crippen LogP) is 5.09. The van der Waals surface area contributed by atoms with Crippen LogP contribution < -0.4 is 23.8 Å². The maximum atomic E-state index is 12.8. The van der Waals surface area contributed by atoms with Crippen molar-refractivity contribution in [2.45, 2.75) is 19.3 Å². The fraction of sp³-hybridized carbons (Fsp3) is 0.250. The number of pyridine rings is 1. The largest absolute Gasteiger partial charge is 0.495 e. The second-order valence-corrected chi connectivity index (χ2v) is 10.8. The molecule has 1 amide bonds. The first kappa shape index (κ1) is 27.7. The van der Waals surface area contributed by atoms with E-state index in [1.165, 1.54) is 35.7 Å². The van der Waals surface area contributed by atoms with Crippen LogP contribution in [0, 0.1) is 0 Å². The van der Waals surface area contributed by atoms with Crippen molar-refractivity contribution in [2.24, 2.45) is 0 Å². The van der Waals surface area contributed by atoms with Crippen LogP contribution in [0.5, 0.6) is 23.3 Å². The van der Waals surface area contributed by atoms with Crippen molar-refractivity contribution in [3.05, 3.63) is 53.9 Å². The van der Waals surface area contributed by atoms with Crippen LogP contribution in [0.15, 0.2) is 48.9 Å². The van der Waals surface area contributed by atoms with Crippen molar-refractivity contribution in [3.63, 3.8) is 0 Å². The summed E-state index contributed by atoms with van der Waals surface area (Å²) in [6, 6.07) is 9.16. The van der Waals surface area contributed by atoms with E-state index in [0.717, 1.165) is 26.7 Å². The second-order valence-electron chi connectivity index (χ2n) is 9.35. The molecule has 0 fully saturated rings. The summed E-state index contributed by atoms with van der Waals surface area (Å²) in [7, 11) is 3.10. The Morgan fingerprint density at radius 1 is 1.21 bits per heavy atom. The lowest BCUT2D eigenvalue weighted by Gasteiger charge is -2.27. The summed E-state index contributed by atoms with van der Waals surface area (Å²) < 4.78 is 28.8. The highest BCUT2D eigenvalue weighted by molar-refractivity contribution is 7.22. The van der Waals surface area contributed by atoms with E-state index in [9.17, 15) is 9.90 Å². The fourth-order valence-electron chi connectivity index (χ4n) is 4.20. The summed E-state index contributed by atoms with van der Waals surface area (Å²) in [6.45, 7) is 1.61. The van der Waals surface area contributed by atoms with Crippen molar-refractivity contribution in [3.8, 4) is 33.8 Å². The number of aromatic nitrogens is 4. The number of benzene rings is 2. The molecule has 5 aromatic rings. The number of carbonyl (C=O) groups excluding carboxylic acids is 1. The van der Waals surface area contributed by atoms with Crippen LogP contribution in [0.1, 0.15) is 6.92 Å². The molecule has 12 nitrogen and oxygen atoms in total. The monoisotopic (exact) mass is 609 g/mol. The van der Waals surface area contributed by atoms with E-state index in [0.29, 0.717) is 33.0 Å². The van der Waals surface area contributed by atoms with Gasteiger partial charge in [-0.3, -0.25) is 9.88 Å². The molecule has 0 saturated carbocycles. The second kappa shape index (κ2) is 11.4. The topological polar surface area (TPSA) is 138 Å². The molecule has 3 aromatic heterocycles. The smallest absolute Gasteiger partial charge is 0.417 e. The van der Waals surface area contributed by atoms with Gasteiger partial charge in [0.1, 0.15) is 22.1 Å². The Labute approximate surface area is 248 Å². The summed E-state index contributed by atoms with van der Waals surface area (Å²) in [5.41, 5.74) is 2.62. The molecule has 1 N–H and O–H groups in total. The number of amides is 1. The van der Waals surface area contributed by atoms with E-state index < -0.39 is 18.5 Å². The minimum Gasteiger partial charge on any atom is -0.495 e. The van der Waals surface area contributed by atoms with Crippen LogP contribution >= 0.6 is 22.9 Å². The first-order valence-corrected chi connectivity index (χ1v) is 13.9. The number of hydrogen-bond acceptors (Lipinski definition) is 12. The van der Waals surface area contributed by atoms with E-state index >= 15 is 0 Å². The van der Waals surface area contributed by atoms with Gasteiger partial charge in [-0.25, -0.2) is 19.7 Å². The van der Waals surface area contributed by atoms with Gasteiger partial charge in [-0.1, -0.05) is 11.6 Å². The molecule has 4 heterocycles. The van der Waals surface area contributed by atoms with Gasteiger partial charge in [-0.05, 0) is 37.3 Å². The normalized spacial score (nSPS) is 14.9. The molecule has 2 atom stereocenters. The molecule has 0 bridgehead atoms. The first-order chi connectivity index (χ1) is 20.3. The molecule has 1 aliphatic rings. The molecular weight excluding hydrogens is 586 g/mol. The molecule has 14 heteroatoms. The van der Waals surface area contributed by atoms with Crippen LogP contribution in [0.25, 0.3) is 31.7 Å². The minimum absolute atomic E-state index is 0.0248. The van der Waals surface area contributed by atoms with E-state index in [2.05, 4.69) is 15.0 Å². The third-order valence-electron chi connectivity index (χ3n) is 6.25. The molecule has 0 aliphatic carbocycles. The van der Waals surface area contributed by atoms with Crippen LogP contribution in [0.3, 0.4) is 0 Å². The maximum absolute atomic E-state index is 12.8. The number of anilines is 1. The van der Waals surface area contributed by atoms with Gasteiger partial charge < -0.3 is 28.8 Å². The van der Waals surface area contributed by atoms with E-state index in [1.807, 2.05) is 24.3 Å². The van der Waals surface area contributed by atoms with Gasteiger partial charge in [-0.2, -0.15) is 0 Å². The van der Waals surface area contributed by atoms with E-state index in [1.54, 1.807) is 26.3 Å². The highest BCUT2D eigenvalue weighted by atomic mass is 35.5. The number of thiazole rings is 1. The Kier molecular flexibility index (Phi) is 7.54. The molecule has 0 radical (unpaired) electrons. The summed E-state index contributed by atoms with van der Waals surface area (Å²) in [5.74, 6) is 1.57. The van der Waals surface area contributed by atoms with Crippen LogP contribution in [-0.2, 0) is 4.74 Å². The van der Waals surface area contributed by atoms with Crippen molar-refractivity contribution in [1.82, 2.24) is 19.9 Å². The van der Waals surface area contributed by atoms with Crippen molar-refractivity contribution >= 4 is 55.8 Å². The molecule has 42 heavy (non-hydrogen) atoms. The van der Waals surface area contributed by atoms with Gasteiger partial charge in [-0.15, -0.1) is 11.3 Å². The molecular formula is C28H24ClN5O7S. The molecule has 216 valence electrons. The zero-order valence-electron chi connectivity index (χ0n) is 22.6. The Hall–Kier alpha value is -4.46. The molecule has 1 aliphatic heterocycles. The Balaban J connectivity index is 1.18.